The van der Waals surface area contributed by atoms with Crippen LogP contribution in [0.5, 0.6) is 0 Å². The zero-order valence-corrected chi connectivity index (χ0v) is 6.94. The van der Waals surface area contributed by atoms with Crippen LogP contribution in [-0.4, -0.2) is 9.61 Å². The molecule has 61 valence electrons. The van der Waals surface area contributed by atoms with Crippen LogP contribution in [0.4, 0.5) is 0 Å². The summed E-state index contributed by atoms with van der Waals surface area (Å²) in [5.74, 6) is 0. The zero-order valence-electron chi connectivity index (χ0n) is 6.94. The van der Waals surface area contributed by atoms with Gasteiger partial charge < -0.3 is 0 Å². The second kappa shape index (κ2) is 2.33. The van der Waals surface area contributed by atoms with E-state index < -0.39 is 0 Å². The van der Waals surface area contributed by atoms with E-state index >= 15 is 0 Å². The number of hydrogen-bond donors (Lipinski definition) is 0. The predicted molar refractivity (Wildman–Crippen MR) is 51.5 cm³/mol. The van der Waals surface area contributed by atoms with Crippen LogP contribution in [-0.2, 0) is 0 Å². The molecule has 0 bridgehead atoms. The van der Waals surface area contributed by atoms with E-state index in [-0.39, 0.29) is 0 Å². The van der Waals surface area contributed by atoms with Gasteiger partial charge in [0.15, 0.2) is 0 Å². The summed E-state index contributed by atoms with van der Waals surface area (Å²) in [6.45, 7) is 0. The Labute approximate surface area is 75.4 Å². The van der Waals surface area contributed by atoms with Crippen LogP contribution in [0.25, 0.3) is 16.4 Å². The molecule has 3 rings (SSSR count). The van der Waals surface area contributed by atoms with Crippen LogP contribution in [0, 0.1) is 6.07 Å². The van der Waals surface area contributed by atoms with Crippen molar-refractivity contribution in [2.45, 2.75) is 0 Å². The standard InChI is InChI=1S/C11H7N2/c1-2-6-10-9(5-1)11-7-3-4-8-13(11)12-10/h1-2,4-8H. The third-order valence-corrected chi connectivity index (χ3v) is 2.17. The van der Waals surface area contributed by atoms with Crippen LogP contribution in [0.15, 0.2) is 42.6 Å². The highest BCUT2D eigenvalue weighted by molar-refractivity contribution is 5.93. The molecule has 2 heterocycles. The first-order valence-corrected chi connectivity index (χ1v) is 4.18. The lowest BCUT2D eigenvalue weighted by Gasteiger charge is -1.88. The Kier molecular flexibility index (Phi) is 1.19. The van der Waals surface area contributed by atoms with Crippen molar-refractivity contribution in [2.75, 3.05) is 0 Å². The van der Waals surface area contributed by atoms with Gasteiger partial charge in [0.05, 0.1) is 11.0 Å². The van der Waals surface area contributed by atoms with E-state index in [9.17, 15) is 0 Å². The minimum absolute atomic E-state index is 1.03. The molecule has 0 N–H and O–H groups in total. The molecule has 0 saturated heterocycles. The van der Waals surface area contributed by atoms with Crippen LogP contribution in [0.1, 0.15) is 0 Å². The molecule has 1 radical (unpaired) electrons. The number of nitrogens with zero attached hydrogens (tertiary/aromatic N) is 2. The molecule has 0 unspecified atom stereocenters. The van der Waals surface area contributed by atoms with Crippen molar-refractivity contribution in [1.29, 1.82) is 0 Å². The molecule has 0 atom stereocenters. The second-order valence-electron chi connectivity index (χ2n) is 2.97. The number of aromatic nitrogens is 2. The smallest absolute Gasteiger partial charge is 0.0933 e. The van der Waals surface area contributed by atoms with Gasteiger partial charge in [0, 0.05) is 11.6 Å². The molecule has 2 aromatic heterocycles. The summed E-state index contributed by atoms with van der Waals surface area (Å²) in [7, 11) is 0. The highest BCUT2D eigenvalue weighted by Crippen LogP contribution is 2.17. The van der Waals surface area contributed by atoms with Crippen molar-refractivity contribution in [3.8, 4) is 0 Å². The molecule has 0 fully saturated rings. The van der Waals surface area contributed by atoms with Crippen LogP contribution in [0.2, 0.25) is 0 Å². The molecule has 0 saturated carbocycles. The highest BCUT2D eigenvalue weighted by Gasteiger charge is 2.00. The van der Waals surface area contributed by atoms with E-state index in [4.69, 9.17) is 0 Å². The Morgan fingerprint density at radius 3 is 3.15 bits per heavy atom. The van der Waals surface area contributed by atoms with E-state index in [1.165, 1.54) is 5.39 Å². The van der Waals surface area contributed by atoms with Gasteiger partial charge in [-0.2, -0.15) is 5.10 Å². The molecule has 0 aliphatic carbocycles. The fourth-order valence-electron chi connectivity index (χ4n) is 1.57. The van der Waals surface area contributed by atoms with Gasteiger partial charge in [0.25, 0.3) is 0 Å². The Morgan fingerprint density at radius 2 is 2.15 bits per heavy atom. The van der Waals surface area contributed by atoms with Gasteiger partial charge in [-0.15, -0.1) is 0 Å². The monoisotopic (exact) mass is 167 g/mol. The first-order valence-electron chi connectivity index (χ1n) is 4.18. The Balaban J connectivity index is 2.64. The summed E-state index contributed by atoms with van der Waals surface area (Å²) in [5, 5.41) is 5.59. The maximum absolute atomic E-state index is 4.41. The molecule has 2 nitrogen and oxygen atoms in total. The molecule has 13 heavy (non-hydrogen) atoms. The van der Waals surface area contributed by atoms with Gasteiger partial charge >= 0.3 is 0 Å². The first kappa shape index (κ1) is 6.66. The Hall–Kier alpha value is -1.83. The second-order valence-corrected chi connectivity index (χ2v) is 2.97. The number of rotatable bonds is 0. The Bertz CT molecular complexity index is 516. The largest absolute Gasteiger partial charge is 0.240 e. The summed E-state index contributed by atoms with van der Waals surface area (Å²) < 4.78 is 1.88. The van der Waals surface area contributed by atoms with Gasteiger partial charge in [0.2, 0.25) is 0 Å². The molecule has 0 amide bonds. The fraction of sp³-hybridized carbons (Fsp3) is 0. The molecule has 0 spiro atoms. The van der Waals surface area contributed by atoms with Gasteiger partial charge in [-0.05, 0) is 24.3 Å². The minimum atomic E-state index is 1.03. The van der Waals surface area contributed by atoms with Crippen molar-refractivity contribution in [1.82, 2.24) is 9.61 Å². The van der Waals surface area contributed by atoms with Gasteiger partial charge in [-0.1, -0.05) is 18.2 Å². The molecule has 0 aliphatic rings. The van der Waals surface area contributed by atoms with Gasteiger partial charge in [0.1, 0.15) is 0 Å². The SMILES string of the molecule is [c]1ccn2nc3ccccc3c2c1. The number of hydrogen-bond acceptors (Lipinski definition) is 1. The first-order chi connectivity index (χ1) is 6.45. The van der Waals surface area contributed by atoms with Crippen molar-refractivity contribution in [3.05, 3.63) is 48.7 Å². The van der Waals surface area contributed by atoms with E-state index in [1.807, 2.05) is 41.0 Å². The number of pyridine rings is 1. The summed E-state index contributed by atoms with van der Waals surface area (Å²) in [5.41, 5.74) is 2.14. The Morgan fingerprint density at radius 1 is 1.23 bits per heavy atom. The lowest BCUT2D eigenvalue weighted by atomic mass is 10.2. The van der Waals surface area contributed by atoms with Crippen LogP contribution < -0.4 is 0 Å². The molecule has 3 aromatic rings. The van der Waals surface area contributed by atoms with Crippen molar-refractivity contribution in [2.24, 2.45) is 0 Å². The summed E-state index contributed by atoms with van der Waals surface area (Å²) in [6, 6.07) is 15.0. The average molecular weight is 167 g/mol. The lowest BCUT2D eigenvalue weighted by Crippen LogP contribution is -1.82. The topological polar surface area (TPSA) is 17.3 Å². The van der Waals surface area contributed by atoms with Gasteiger partial charge in [-0.25, -0.2) is 4.52 Å². The third-order valence-electron chi connectivity index (χ3n) is 2.17. The average Bonchev–Trinajstić information content (AvgIpc) is 2.56. The normalized spacial score (nSPS) is 11.1. The van der Waals surface area contributed by atoms with E-state index in [0.717, 1.165) is 11.0 Å². The fourth-order valence-corrected chi connectivity index (χ4v) is 1.57. The van der Waals surface area contributed by atoms with E-state index in [0.29, 0.717) is 0 Å². The molecular formula is C11H7N2. The predicted octanol–water partition coefficient (Wildman–Crippen LogP) is 2.29. The van der Waals surface area contributed by atoms with Crippen LogP contribution in [0.3, 0.4) is 0 Å². The van der Waals surface area contributed by atoms with Crippen molar-refractivity contribution in [3.63, 3.8) is 0 Å². The summed E-state index contributed by atoms with van der Waals surface area (Å²) in [4.78, 5) is 0. The summed E-state index contributed by atoms with van der Waals surface area (Å²) >= 11 is 0. The number of fused-ring (bicyclic) bond motifs is 3. The van der Waals surface area contributed by atoms with Crippen molar-refractivity contribution >= 4 is 16.4 Å². The molecule has 0 aliphatic heterocycles. The highest BCUT2D eigenvalue weighted by atomic mass is 15.2. The molecular weight excluding hydrogens is 160 g/mol. The van der Waals surface area contributed by atoms with Crippen molar-refractivity contribution < 1.29 is 0 Å². The third kappa shape index (κ3) is 0.855. The maximum atomic E-state index is 4.41. The summed E-state index contributed by atoms with van der Waals surface area (Å²) in [6.07, 6.45) is 1.91. The quantitative estimate of drug-likeness (QED) is 0.502. The van der Waals surface area contributed by atoms with E-state index in [1.54, 1.807) is 0 Å². The van der Waals surface area contributed by atoms with E-state index in [2.05, 4.69) is 17.2 Å². The molecule has 2 heteroatoms. The maximum Gasteiger partial charge on any atom is 0.0933 e. The molecule has 1 aromatic carbocycles. The van der Waals surface area contributed by atoms with Crippen LogP contribution >= 0.6 is 0 Å². The zero-order chi connectivity index (χ0) is 8.67. The minimum Gasteiger partial charge on any atom is -0.240 e. The lowest BCUT2D eigenvalue weighted by molar-refractivity contribution is 0.981. The van der Waals surface area contributed by atoms with Gasteiger partial charge in [-0.3, -0.25) is 0 Å². The number of benzene rings is 1.